The Kier molecular flexibility index (Phi) is 10.1. The average molecular weight is 543 g/mol. The number of benzene rings is 1. The summed E-state index contributed by atoms with van der Waals surface area (Å²) in [6, 6.07) is 4.37. The number of amides is 3. The van der Waals surface area contributed by atoms with Gasteiger partial charge in [0, 0.05) is 59.4 Å². The SMILES string of the molecule is CNC(=O)C(CCC=O)N1C(=O)c2ccc(N3CCC(CN4CCC(CC(OC)OC)CC4)CC3)cc2C1=O. The number of piperidine rings is 2. The number of aldehydes is 1. The summed E-state index contributed by atoms with van der Waals surface area (Å²) in [6.07, 6.45) is 6.25. The molecule has 3 amide bonds. The first kappa shape index (κ1) is 29.2. The maximum Gasteiger partial charge on any atom is 0.262 e. The molecule has 0 saturated carbocycles. The van der Waals surface area contributed by atoms with Gasteiger partial charge in [-0.05, 0) is 75.2 Å². The van der Waals surface area contributed by atoms with Crippen molar-refractivity contribution < 1.29 is 28.7 Å². The quantitative estimate of drug-likeness (QED) is 0.244. The van der Waals surface area contributed by atoms with Gasteiger partial charge in [-0.2, -0.15) is 0 Å². The summed E-state index contributed by atoms with van der Waals surface area (Å²) in [4.78, 5) is 55.5. The van der Waals surface area contributed by atoms with Crippen molar-refractivity contribution in [1.29, 1.82) is 0 Å². The molecule has 0 aromatic heterocycles. The first-order valence-corrected chi connectivity index (χ1v) is 14.1. The zero-order chi connectivity index (χ0) is 27.9. The van der Waals surface area contributed by atoms with E-state index in [1.165, 1.54) is 19.9 Å². The molecule has 0 radical (unpaired) electrons. The Bertz CT molecular complexity index is 1030. The van der Waals surface area contributed by atoms with Gasteiger partial charge in [-0.3, -0.25) is 19.3 Å². The van der Waals surface area contributed by atoms with Crippen LogP contribution in [0.4, 0.5) is 5.69 Å². The van der Waals surface area contributed by atoms with Crippen LogP contribution in [0.3, 0.4) is 0 Å². The molecule has 3 heterocycles. The highest BCUT2D eigenvalue weighted by atomic mass is 16.7. The smallest absolute Gasteiger partial charge is 0.262 e. The van der Waals surface area contributed by atoms with E-state index in [0.717, 1.165) is 62.6 Å². The number of nitrogens with one attached hydrogen (secondary N) is 1. The highest BCUT2D eigenvalue weighted by molar-refractivity contribution is 6.23. The molecule has 1 aromatic rings. The summed E-state index contributed by atoms with van der Waals surface area (Å²) < 4.78 is 10.7. The molecule has 10 heteroatoms. The van der Waals surface area contributed by atoms with Crippen molar-refractivity contribution in [3.05, 3.63) is 29.3 Å². The molecular formula is C29H42N4O6. The van der Waals surface area contributed by atoms with Crippen molar-refractivity contribution in [3.8, 4) is 0 Å². The average Bonchev–Trinajstić information content (AvgIpc) is 3.21. The van der Waals surface area contributed by atoms with E-state index in [-0.39, 0.29) is 19.1 Å². The van der Waals surface area contributed by atoms with E-state index in [0.29, 0.717) is 29.2 Å². The van der Waals surface area contributed by atoms with Crippen molar-refractivity contribution >= 4 is 29.7 Å². The van der Waals surface area contributed by atoms with Crippen LogP contribution in [0.2, 0.25) is 0 Å². The number of carbonyl (C=O) groups is 4. The number of hydrogen-bond acceptors (Lipinski definition) is 8. The molecule has 3 aliphatic rings. The van der Waals surface area contributed by atoms with Gasteiger partial charge in [-0.1, -0.05) is 0 Å². The molecule has 3 aliphatic heterocycles. The summed E-state index contributed by atoms with van der Waals surface area (Å²) in [7, 11) is 4.86. The van der Waals surface area contributed by atoms with E-state index >= 15 is 0 Å². The number of rotatable bonds is 12. The van der Waals surface area contributed by atoms with Crippen LogP contribution in [0.25, 0.3) is 0 Å². The van der Waals surface area contributed by atoms with E-state index in [2.05, 4.69) is 15.1 Å². The van der Waals surface area contributed by atoms with Crippen LogP contribution < -0.4 is 10.2 Å². The van der Waals surface area contributed by atoms with Gasteiger partial charge >= 0.3 is 0 Å². The predicted molar refractivity (Wildman–Crippen MR) is 147 cm³/mol. The van der Waals surface area contributed by atoms with Gasteiger partial charge < -0.3 is 29.4 Å². The van der Waals surface area contributed by atoms with Crippen LogP contribution in [0.5, 0.6) is 0 Å². The number of hydrogen-bond donors (Lipinski definition) is 1. The minimum Gasteiger partial charge on any atom is -0.371 e. The third-order valence-corrected chi connectivity index (χ3v) is 8.58. The number of imide groups is 1. The third kappa shape index (κ3) is 6.67. The normalized spacial score (nSPS) is 20.0. The standard InChI is InChI=1S/C29H42N4O6/c1-30-27(35)25(5-4-16-34)33-28(36)23-7-6-22(18-24(23)29(33)37)32-14-10-21(11-15-32)19-31-12-8-20(9-13-31)17-26(38-2)39-3/h6-7,16,18,20-21,25-26H,4-5,8-15,17,19H2,1-3H3,(H,30,35). The van der Waals surface area contributed by atoms with Crippen molar-refractivity contribution in [2.45, 2.75) is 57.3 Å². The topological polar surface area (TPSA) is 108 Å². The van der Waals surface area contributed by atoms with Crippen molar-refractivity contribution in [2.75, 3.05) is 58.9 Å². The van der Waals surface area contributed by atoms with Crippen molar-refractivity contribution in [3.63, 3.8) is 0 Å². The second-order valence-corrected chi connectivity index (χ2v) is 10.9. The molecule has 10 nitrogen and oxygen atoms in total. The highest BCUT2D eigenvalue weighted by Gasteiger charge is 2.42. The maximum atomic E-state index is 13.3. The summed E-state index contributed by atoms with van der Waals surface area (Å²) >= 11 is 0. The molecule has 1 aromatic carbocycles. The summed E-state index contributed by atoms with van der Waals surface area (Å²) in [5, 5.41) is 2.51. The lowest BCUT2D eigenvalue weighted by Gasteiger charge is -2.38. The van der Waals surface area contributed by atoms with Gasteiger partial charge in [-0.25, -0.2) is 0 Å². The first-order chi connectivity index (χ1) is 18.9. The fourth-order valence-corrected chi connectivity index (χ4v) is 6.20. The molecular weight excluding hydrogens is 500 g/mol. The lowest BCUT2D eigenvalue weighted by Crippen LogP contribution is -2.48. The maximum absolute atomic E-state index is 13.3. The Hall–Kier alpha value is -2.82. The fraction of sp³-hybridized carbons (Fsp3) is 0.655. The zero-order valence-electron chi connectivity index (χ0n) is 23.4. The lowest BCUT2D eigenvalue weighted by atomic mass is 9.91. The Morgan fingerprint density at radius 3 is 2.26 bits per heavy atom. The van der Waals surface area contributed by atoms with E-state index in [9.17, 15) is 19.2 Å². The second kappa shape index (κ2) is 13.5. The van der Waals surface area contributed by atoms with Gasteiger partial charge in [0.15, 0.2) is 6.29 Å². The molecule has 0 aliphatic carbocycles. The molecule has 1 N–H and O–H groups in total. The van der Waals surface area contributed by atoms with Crippen molar-refractivity contribution in [1.82, 2.24) is 15.1 Å². The van der Waals surface area contributed by atoms with Gasteiger partial charge in [0.2, 0.25) is 5.91 Å². The van der Waals surface area contributed by atoms with Gasteiger partial charge in [0.05, 0.1) is 11.1 Å². The molecule has 1 unspecified atom stereocenters. The summed E-state index contributed by atoms with van der Waals surface area (Å²) in [6.45, 7) is 5.15. The lowest BCUT2D eigenvalue weighted by molar-refractivity contribution is -0.124. The van der Waals surface area contributed by atoms with Crippen LogP contribution in [0, 0.1) is 11.8 Å². The Morgan fingerprint density at radius 1 is 1.00 bits per heavy atom. The number of nitrogens with zero attached hydrogens (tertiary/aromatic N) is 3. The summed E-state index contributed by atoms with van der Waals surface area (Å²) in [5.41, 5.74) is 1.56. The predicted octanol–water partition coefficient (Wildman–Crippen LogP) is 2.31. The first-order valence-electron chi connectivity index (χ1n) is 14.1. The number of anilines is 1. The Labute approximate surface area is 231 Å². The number of fused-ring (bicyclic) bond motifs is 1. The minimum atomic E-state index is -1.00. The van der Waals surface area contributed by atoms with E-state index in [1.807, 2.05) is 6.07 Å². The second-order valence-electron chi connectivity index (χ2n) is 10.9. The fourth-order valence-electron chi connectivity index (χ4n) is 6.20. The molecule has 2 fully saturated rings. The summed E-state index contributed by atoms with van der Waals surface area (Å²) in [5.74, 6) is -0.120. The number of likely N-dealkylation sites (tertiary alicyclic amines) is 1. The third-order valence-electron chi connectivity index (χ3n) is 8.58. The molecule has 2 saturated heterocycles. The van der Waals surface area contributed by atoms with E-state index < -0.39 is 23.8 Å². The van der Waals surface area contributed by atoms with Crippen molar-refractivity contribution in [2.24, 2.45) is 11.8 Å². The molecule has 4 rings (SSSR count). The number of ether oxygens (including phenoxy) is 2. The van der Waals surface area contributed by atoms with Gasteiger partial charge in [0.25, 0.3) is 11.8 Å². The molecule has 0 bridgehead atoms. The van der Waals surface area contributed by atoms with E-state index in [1.54, 1.807) is 26.4 Å². The van der Waals surface area contributed by atoms with Gasteiger partial charge in [0.1, 0.15) is 12.3 Å². The highest BCUT2D eigenvalue weighted by Crippen LogP contribution is 2.32. The van der Waals surface area contributed by atoms with Crippen LogP contribution in [0.1, 0.15) is 65.7 Å². The number of carbonyl (C=O) groups excluding carboxylic acids is 4. The van der Waals surface area contributed by atoms with E-state index in [4.69, 9.17) is 9.47 Å². The zero-order valence-corrected chi connectivity index (χ0v) is 23.4. The largest absolute Gasteiger partial charge is 0.371 e. The monoisotopic (exact) mass is 542 g/mol. The molecule has 39 heavy (non-hydrogen) atoms. The number of methoxy groups -OCH3 is 2. The molecule has 214 valence electrons. The van der Waals surface area contributed by atoms with Crippen LogP contribution in [0.15, 0.2) is 18.2 Å². The van der Waals surface area contributed by atoms with Crippen LogP contribution >= 0.6 is 0 Å². The molecule has 0 spiro atoms. The Balaban J connectivity index is 1.31. The Morgan fingerprint density at radius 2 is 1.64 bits per heavy atom. The van der Waals surface area contributed by atoms with Gasteiger partial charge in [-0.15, -0.1) is 0 Å². The van der Waals surface area contributed by atoms with Crippen LogP contribution in [-0.2, 0) is 19.1 Å². The minimum absolute atomic E-state index is 0.0891. The number of likely N-dealkylation sites (N-methyl/N-ethyl adjacent to an activating group) is 1. The van der Waals surface area contributed by atoms with Crippen LogP contribution in [-0.4, -0.2) is 100 Å². The molecule has 1 atom stereocenters.